The van der Waals surface area contributed by atoms with Crippen LogP contribution in [0.25, 0.3) is 0 Å². The zero-order valence-electron chi connectivity index (χ0n) is 11.7. The Morgan fingerprint density at radius 3 is 2.47 bits per heavy atom. The number of aromatic nitrogens is 4. The maximum atomic E-state index is 4.42. The molecule has 0 amide bonds. The molecule has 100 valence electrons. The molecule has 1 N–H and O–H groups in total. The van der Waals surface area contributed by atoms with Crippen LogP contribution in [0, 0.1) is 13.8 Å². The first kappa shape index (κ1) is 13.2. The topological polar surface area (TPSA) is 66.8 Å². The summed E-state index contributed by atoms with van der Waals surface area (Å²) in [5.74, 6) is 1.48. The van der Waals surface area contributed by atoms with Crippen LogP contribution in [0.5, 0.6) is 0 Å². The number of hydrogen-bond acceptors (Lipinski definition) is 6. The number of aryl methyl sites for hydroxylation is 2. The maximum Gasteiger partial charge on any atom is 0.226 e. The fourth-order valence-electron chi connectivity index (χ4n) is 1.54. The van der Waals surface area contributed by atoms with Crippen LogP contribution in [0.2, 0.25) is 0 Å². The first-order chi connectivity index (χ1) is 9.04. The van der Waals surface area contributed by atoms with Crippen molar-refractivity contribution in [3.63, 3.8) is 0 Å². The zero-order valence-corrected chi connectivity index (χ0v) is 11.7. The van der Waals surface area contributed by atoms with E-state index in [2.05, 4.69) is 25.3 Å². The molecule has 0 atom stereocenters. The van der Waals surface area contributed by atoms with Crippen LogP contribution in [-0.2, 0) is 6.54 Å². The van der Waals surface area contributed by atoms with E-state index in [1.54, 1.807) is 12.4 Å². The molecule has 6 heteroatoms. The molecule has 0 bridgehead atoms. The summed E-state index contributed by atoms with van der Waals surface area (Å²) in [6.45, 7) is 4.46. The van der Waals surface area contributed by atoms with Crippen LogP contribution in [0.4, 0.5) is 11.8 Å². The van der Waals surface area contributed by atoms with Gasteiger partial charge in [-0.1, -0.05) is 0 Å². The molecule has 0 fully saturated rings. The van der Waals surface area contributed by atoms with Crippen molar-refractivity contribution in [2.45, 2.75) is 20.4 Å². The molecule has 0 aliphatic rings. The van der Waals surface area contributed by atoms with Gasteiger partial charge >= 0.3 is 0 Å². The van der Waals surface area contributed by atoms with Crippen molar-refractivity contribution in [2.24, 2.45) is 0 Å². The lowest BCUT2D eigenvalue weighted by molar-refractivity contribution is 0.947. The van der Waals surface area contributed by atoms with Crippen molar-refractivity contribution in [3.05, 3.63) is 35.5 Å². The summed E-state index contributed by atoms with van der Waals surface area (Å²) < 4.78 is 0. The highest BCUT2D eigenvalue weighted by Crippen LogP contribution is 2.12. The van der Waals surface area contributed by atoms with Crippen molar-refractivity contribution in [1.82, 2.24) is 19.9 Å². The third kappa shape index (κ3) is 3.61. The lowest BCUT2D eigenvalue weighted by Gasteiger charge is -2.13. The molecule has 0 unspecified atom stereocenters. The highest BCUT2D eigenvalue weighted by Gasteiger charge is 2.04. The Kier molecular flexibility index (Phi) is 3.89. The minimum absolute atomic E-state index is 0.594. The van der Waals surface area contributed by atoms with E-state index in [0.717, 1.165) is 22.9 Å². The van der Waals surface area contributed by atoms with Crippen LogP contribution in [0.3, 0.4) is 0 Å². The van der Waals surface area contributed by atoms with Gasteiger partial charge in [0.25, 0.3) is 0 Å². The molecular formula is C13H18N6. The van der Waals surface area contributed by atoms with Crippen molar-refractivity contribution in [2.75, 3.05) is 24.3 Å². The summed E-state index contributed by atoms with van der Waals surface area (Å²) in [4.78, 5) is 19.2. The molecule has 0 saturated carbocycles. The minimum atomic E-state index is 0.594. The molecular weight excluding hydrogens is 240 g/mol. The lowest BCUT2D eigenvalue weighted by atomic mass is 10.4. The van der Waals surface area contributed by atoms with Gasteiger partial charge in [0, 0.05) is 32.1 Å². The van der Waals surface area contributed by atoms with E-state index < -0.39 is 0 Å². The van der Waals surface area contributed by atoms with Crippen LogP contribution in [-0.4, -0.2) is 34.0 Å². The van der Waals surface area contributed by atoms with Gasteiger partial charge in [0.2, 0.25) is 5.95 Å². The Balaban J connectivity index is 2.08. The monoisotopic (exact) mass is 258 g/mol. The van der Waals surface area contributed by atoms with Crippen LogP contribution >= 0.6 is 0 Å². The summed E-state index contributed by atoms with van der Waals surface area (Å²) in [5, 5.41) is 3.24. The molecule has 2 aromatic heterocycles. The lowest BCUT2D eigenvalue weighted by Crippen LogP contribution is -2.14. The third-order valence-corrected chi connectivity index (χ3v) is 2.53. The Morgan fingerprint density at radius 1 is 1.05 bits per heavy atom. The summed E-state index contributed by atoms with van der Waals surface area (Å²) >= 11 is 0. The van der Waals surface area contributed by atoms with Gasteiger partial charge in [0.1, 0.15) is 5.82 Å². The van der Waals surface area contributed by atoms with E-state index in [0.29, 0.717) is 12.5 Å². The molecule has 2 heterocycles. The Hall–Kier alpha value is -2.24. The minimum Gasteiger partial charge on any atom is -0.364 e. The van der Waals surface area contributed by atoms with E-state index in [9.17, 15) is 0 Å². The first-order valence-corrected chi connectivity index (χ1v) is 6.09. The smallest absolute Gasteiger partial charge is 0.226 e. The zero-order chi connectivity index (χ0) is 13.8. The van der Waals surface area contributed by atoms with Gasteiger partial charge in [-0.15, -0.1) is 0 Å². The van der Waals surface area contributed by atoms with E-state index in [1.807, 2.05) is 38.9 Å². The largest absolute Gasteiger partial charge is 0.364 e. The second kappa shape index (κ2) is 5.60. The number of hydrogen-bond donors (Lipinski definition) is 1. The summed E-state index contributed by atoms with van der Waals surface area (Å²) in [7, 11) is 3.84. The number of nitrogens with one attached hydrogen (secondary N) is 1. The summed E-state index contributed by atoms with van der Waals surface area (Å²) in [5.41, 5.74) is 2.72. The quantitative estimate of drug-likeness (QED) is 0.897. The van der Waals surface area contributed by atoms with Gasteiger partial charge in [-0.25, -0.2) is 4.98 Å². The molecule has 0 saturated heterocycles. The molecule has 2 rings (SSSR count). The Labute approximate surface area is 113 Å². The maximum absolute atomic E-state index is 4.42. The highest BCUT2D eigenvalue weighted by molar-refractivity contribution is 5.42. The number of rotatable bonds is 4. The molecule has 0 aliphatic heterocycles. The van der Waals surface area contributed by atoms with Crippen LogP contribution < -0.4 is 10.2 Å². The van der Waals surface area contributed by atoms with E-state index >= 15 is 0 Å². The summed E-state index contributed by atoms with van der Waals surface area (Å²) in [6.07, 6.45) is 3.52. The van der Waals surface area contributed by atoms with Crippen molar-refractivity contribution in [3.8, 4) is 0 Å². The van der Waals surface area contributed by atoms with Gasteiger partial charge in [-0.05, 0) is 13.8 Å². The SMILES string of the molecule is Cc1cnc(CNc2cc(C)nc(N(C)C)n2)cn1. The van der Waals surface area contributed by atoms with Gasteiger partial charge in [0.15, 0.2) is 0 Å². The second-order valence-corrected chi connectivity index (χ2v) is 4.59. The standard InChI is InChI=1S/C13H18N6/c1-9-5-12(18-13(17-9)19(3)4)16-8-11-7-14-10(2)6-15-11/h5-7H,8H2,1-4H3,(H,16,17,18). The predicted molar refractivity (Wildman–Crippen MR) is 75.2 cm³/mol. The Morgan fingerprint density at radius 2 is 1.84 bits per heavy atom. The van der Waals surface area contributed by atoms with E-state index in [4.69, 9.17) is 0 Å². The number of anilines is 2. The molecule has 6 nitrogen and oxygen atoms in total. The van der Waals surface area contributed by atoms with Gasteiger partial charge in [-0.2, -0.15) is 4.98 Å². The normalized spacial score (nSPS) is 10.3. The fourth-order valence-corrected chi connectivity index (χ4v) is 1.54. The third-order valence-electron chi connectivity index (χ3n) is 2.53. The summed E-state index contributed by atoms with van der Waals surface area (Å²) in [6, 6.07) is 1.91. The van der Waals surface area contributed by atoms with Crippen molar-refractivity contribution >= 4 is 11.8 Å². The Bertz CT molecular complexity index is 550. The van der Waals surface area contributed by atoms with Crippen molar-refractivity contribution in [1.29, 1.82) is 0 Å². The van der Waals surface area contributed by atoms with E-state index in [1.165, 1.54) is 0 Å². The second-order valence-electron chi connectivity index (χ2n) is 4.59. The predicted octanol–water partition coefficient (Wildman–Crippen LogP) is 1.56. The van der Waals surface area contributed by atoms with Crippen molar-refractivity contribution < 1.29 is 0 Å². The van der Waals surface area contributed by atoms with Gasteiger partial charge < -0.3 is 10.2 Å². The number of nitrogens with zero attached hydrogens (tertiary/aromatic N) is 5. The molecule has 0 radical (unpaired) electrons. The molecule has 0 spiro atoms. The fraction of sp³-hybridized carbons (Fsp3) is 0.385. The molecule has 0 aliphatic carbocycles. The average molecular weight is 258 g/mol. The van der Waals surface area contributed by atoms with Crippen LogP contribution in [0.1, 0.15) is 17.1 Å². The molecule has 2 aromatic rings. The first-order valence-electron chi connectivity index (χ1n) is 6.09. The van der Waals surface area contributed by atoms with E-state index in [-0.39, 0.29) is 0 Å². The molecule has 0 aromatic carbocycles. The van der Waals surface area contributed by atoms with Gasteiger partial charge in [-0.3, -0.25) is 9.97 Å². The average Bonchev–Trinajstić information content (AvgIpc) is 2.37. The van der Waals surface area contributed by atoms with Gasteiger partial charge in [0.05, 0.1) is 24.1 Å². The van der Waals surface area contributed by atoms with Crippen LogP contribution in [0.15, 0.2) is 18.5 Å². The molecule has 19 heavy (non-hydrogen) atoms. The highest BCUT2D eigenvalue weighted by atomic mass is 15.2.